The van der Waals surface area contributed by atoms with Gasteiger partial charge in [-0.25, -0.2) is 0 Å². The van der Waals surface area contributed by atoms with Crippen LogP contribution in [0.2, 0.25) is 0 Å². The average Bonchev–Trinajstić information content (AvgIpc) is 2.26. The lowest BCUT2D eigenvalue weighted by Gasteiger charge is -2.24. The first-order chi connectivity index (χ1) is 7.15. The van der Waals surface area contributed by atoms with Gasteiger partial charge < -0.3 is 10.4 Å². The zero-order valence-electron chi connectivity index (χ0n) is 9.77. The second-order valence-corrected chi connectivity index (χ2v) is 4.35. The molecule has 2 atom stereocenters. The largest absolute Gasteiger partial charge is 0.394 e. The van der Waals surface area contributed by atoms with E-state index in [0.29, 0.717) is 12.0 Å². The van der Waals surface area contributed by atoms with Crippen LogP contribution in [0, 0.1) is 5.92 Å². The van der Waals surface area contributed by atoms with Crippen LogP contribution in [0.25, 0.3) is 0 Å². The molecule has 2 heteroatoms. The summed E-state index contributed by atoms with van der Waals surface area (Å²) in [7, 11) is 0. The molecule has 1 aromatic rings. The highest BCUT2D eigenvalue weighted by molar-refractivity contribution is 5.19. The average molecular weight is 207 g/mol. The van der Waals surface area contributed by atoms with Crippen molar-refractivity contribution in [2.75, 3.05) is 6.61 Å². The molecule has 0 heterocycles. The second kappa shape index (κ2) is 5.89. The maximum absolute atomic E-state index is 9.35. The maximum atomic E-state index is 9.35. The lowest BCUT2D eigenvalue weighted by Crippen LogP contribution is -2.35. The molecule has 0 saturated heterocycles. The van der Waals surface area contributed by atoms with Crippen molar-refractivity contribution in [3.63, 3.8) is 0 Å². The van der Waals surface area contributed by atoms with Crippen molar-refractivity contribution in [3.8, 4) is 0 Å². The number of aliphatic hydroxyl groups excluding tert-OH is 1. The maximum Gasteiger partial charge on any atom is 0.0626 e. The van der Waals surface area contributed by atoms with E-state index in [1.54, 1.807) is 0 Å². The van der Waals surface area contributed by atoms with Crippen LogP contribution in [-0.4, -0.2) is 17.8 Å². The van der Waals surface area contributed by atoms with Gasteiger partial charge in [0.1, 0.15) is 0 Å². The van der Waals surface area contributed by atoms with E-state index < -0.39 is 0 Å². The third-order valence-electron chi connectivity index (χ3n) is 2.85. The summed E-state index contributed by atoms with van der Waals surface area (Å²) in [6, 6.07) is 10.5. The summed E-state index contributed by atoms with van der Waals surface area (Å²) in [4.78, 5) is 0. The van der Waals surface area contributed by atoms with Gasteiger partial charge in [-0.05, 0) is 18.4 Å². The minimum absolute atomic E-state index is 0.0450. The van der Waals surface area contributed by atoms with Gasteiger partial charge in [0.25, 0.3) is 0 Å². The zero-order chi connectivity index (χ0) is 11.3. The van der Waals surface area contributed by atoms with E-state index in [9.17, 15) is 5.11 Å². The molecule has 0 spiro atoms. The quantitative estimate of drug-likeness (QED) is 0.777. The number of hydrogen-bond donors (Lipinski definition) is 2. The Hall–Kier alpha value is -0.860. The Morgan fingerprint density at radius 1 is 1.13 bits per heavy atom. The monoisotopic (exact) mass is 207 g/mol. The third-order valence-corrected chi connectivity index (χ3v) is 2.85. The molecular formula is C13H21NO. The molecule has 1 rings (SSSR count). The van der Waals surface area contributed by atoms with Gasteiger partial charge >= 0.3 is 0 Å². The first-order valence-corrected chi connectivity index (χ1v) is 5.57. The lowest BCUT2D eigenvalue weighted by molar-refractivity contribution is 0.225. The second-order valence-electron chi connectivity index (χ2n) is 4.35. The van der Waals surface area contributed by atoms with Crippen molar-refractivity contribution >= 4 is 0 Å². The van der Waals surface area contributed by atoms with E-state index >= 15 is 0 Å². The molecule has 0 fully saturated rings. The van der Waals surface area contributed by atoms with E-state index in [0.717, 1.165) is 5.56 Å². The van der Waals surface area contributed by atoms with Gasteiger partial charge in [-0.15, -0.1) is 0 Å². The molecule has 0 bridgehead atoms. The Bertz CT molecular complexity index is 271. The molecular weight excluding hydrogens is 186 g/mol. The van der Waals surface area contributed by atoms with E-state index in [-0.39, 0.29) is 12.6 Å². The summed E-state index contributed by atoms with van der Waals surface area (Å²) in [6.07, 6.45) is 0. The van der Waals surface area contributed by atoms with Crippen LogP contribution in [0.1, 0.15) is 32.4 Å². The van der Waals surface area contributed by atoms with Gasteiger partial charge in [0.2, 0.25) is 0 Å². The first-order valence-electron chi connectivity index (χ1n) is 5.57. The predicted molar refractivity (Wildman–Crippen MR) is 63.7 cm³/mol. The van der Waals surface area contributed by atoms with Crippen LogP contribution in [0.4, 0.5) is 0 Å². The Balaban J connectivity index is 2.65. The van der Waals surface area contributed by atoms with Gasteiger partial charge in [-0.1, -0.05) is 44.2 Å². The Morgan fingerprint density at radius 3 is 2.20 bits per heavy atom. The molecule has 0 radical (unpaired) electrons. The van der Waals surface area contributed by atoms with Crippen LogP contribution < -0.4 is 5.32 Å². The van der Waals surface area contributed by atoms with Gasteiger partial charge in [0, 0.05) is 6.04 Å². The van der Waals surface area contributed by atoms with Crippen molar-refractivity contribution in [2.45, 2.75) is 32.9 Å². The zero-order valence-corrected chi connectivity index (χ0v) is 9.77. The first kappa shape index (κ1) is 12.2. The van der Waals surface area contributed by atoms with Crippen molar-refractivity contribution in [1.29, 1.82) is 0 Å². The number of rotatable bonds is 5. The van der Waals surface area contributed by atoms with E-state index in [1.807, 2.05) is 30.3 Å². The number of aliphatic hydroxyl groups is 1. The van der Waals surface area contributed by atoms with E-state index in [4.69, 9.17) is 0 Å². The molecule has 84 valence electrons. The molecule has 0 saturated carbocycles. The fourth-order valence-electron chi connectivity index (χ4n) is 1.45. The molecule has 0 amide bonds. The minimum atomic E-state index is 0.0450. The van der Waals surface area contributed by atoms with Crippen LogP contribution in [0.3, 0.4) is 0 Å². The standard InChI is InChI=1S/C13H21NO/c1-10(2)11(3)14-13(9-15)12-7-5-4-6-8-12/h4-8,10-11,13-15H,9H2,1-3H3. The van der Waals surface area contributed by atoms with E-state index in [2.05, 4.69) is 26.1 Å². The normalized spacial score (nSPS) is 15.3. The lowest BCUT2D eigenvalue weighted by atomic mass is 10.0. The van der Waals surface area contributed by atoms with Crippen molar-refractivity contribution in [2.24, 2.45) is 5.92 Å². The van der Waals surface area contributed by atoms with Crippen LogP contribution in [-0.2, 0) is 0 Å². The molecule has 15 heavy (non-hydrogen) atoms. The number of nitrogens with one attached hydrogen (secondary N) is 1. The molecule has 1 aromatic carbocycles. The number of hydrogen-bond acceptors (Lipinski definition) is 2. The summed E-state index contributed by atoms with van der Waals surface area (Å²) < 4.78 is 0. The number of benzene rings is 1. The Labute approximate surface area is 92.3 Å². The van der Waals surface area contributed by atoms with Crippen LogP contribution in [0.15, 0.2) is 30.3 Å². The minimum Gasteiger partial charge on any atom is -0.394 e. The Kier molecular flexibility index (Phi) is 4.79. The third kappa shape index (κ3) is 3.65. The topological polar surface area (TPSA) is 32.3 Å². The molecule has 0 aliphatic heterocycles. The SMILES string of the molecule is CC(C)C(C)NC(CO)c1ccccc1. The highest BCUT2D eigenvalue weighted by atomic mass is 16.3. The molecule has 0 aliphatic carbocycles. The predicted octanol–water partition coefficient (Wildman–Crippen LogP) is 2.35. The smallest absolute Gasteiger partial charge is 0.0626 e. The Morgan fingerprint density at radius 2 is 1.73 bits per heavy atom. The van der Waals surface area contributed by atoms with E-state index in [1.165, 1.54) is 0 Å². The fraction of sp³-hybridized carbons (Fsp3) is 0.538. The van der Waals surface area contributed by atoms with Gasteiger partial charge in [-0.2, -0.15) is 0 Å². The van der Waals surface area contributed by atoms with Gasteiger partial charge in [0.05, 0.1) is 12.6 Å². The molecule has 0 aromatic heterocycles. The van der Waals surface area contributed by atoms with Crippen LogP contribution in [0.5, 0.6) is 0 Å². The summed E-state index contributed by atoms with van der Waals surface area (Å²) in [5, 5.41) is 12.8. The molecule has 0 aliphatic rings. The highest BCUT2D eigenvalue weighted by Gasteiger charge is 2.14. The molecule has 2 N–H and O–H groups in total. The highest BCUT2D eigenvalue weighted by Crippen LogP contribution is 2.14. The van der Waals surface area contributed by atoms with Crippen molar-refractivity contribution < 1.29 is 5.11 Å². The van der Waals surface area contributed by atoms with Crippen LogP contribution >= 0.6 is 0 Å². The summed E-state index contributed by atoms with van der Waals surface area (Å²) in [5.74, 6) is 0.572. The van der Waals surface area contributed by atoms with Crippen molar-refractivity contribution in [1.82, 2.24) is 5.32 Å². The molecule has 2 unspecified atom stereocenters. The summed E-state index contributed by atoms with van der Waals surface area (Å²) in [6.45, 7) is 6.64. The fourth-order valence-corrected chi connectivity index (χ4v) is 1.45. The van der Waals surface area contributed by atoms with Crippen molar-refractivity contribution in [3.05, 3.63) is 35.9 Å². The summed E-state index contributed by atoms with van der Waals surface area (Å²) in [5.41, 5.74) is 1.15. The molecule has 2 nitrogen and oxygen atoms in total. The van der Waals surface area contributed by atoms with Gasteiger partial charge in [0.15, 0.2) is 0 Å². The summed E-state index contributed by atoms with van der Waals surface area (Å²) >= 11 is 0. The van der Waals surface area contributed by atoms with Gasteiger partial charge in [-0.3, -0.25) is 0 Å².